The van der Waals surface area contributed by atoms with E-state index in [0.717, 1.165) is 10.5 Å². The van der Waals surface area contributed by atoms with Gasteiger partial charge in [0.1, 0.15) is 23.2 Å². The molecule has 0 bridgehead atoms. The molecule has 0 aliphatic carbocycles. The highest BCUT2D eigenvalue weighted by molar-refractivity contribution is 6.01. The van der Waals surface area contributed by atoms with Gasteiger partial charge in [-0.05, 0) is 26.4 Å². The molecule has 1 unspecified atom stereocenters. The van der Waals surface area contributed by atoms with Crippen LogP contribution in [-0.2, 0) is 11.8 Å². The first-order valence-corrected chi connectivity index (χ1v) is 11.5. The second-order valence-corrected chi connectivity index (χ2v) is 8.90. The first-order chi connectivity index (χ1) is 17.7. The minimum Gasteiger partial charge on any atom is -0.493 e. The molecule has 5 rings (SSSR count). The Kier molecular flexibility index (Phi) is 6.06. The third-order valence-electron chi connectivity index (χ3n) is 6.69. The van der Waals surface area contributed by atoms with E-state index in [-0.39, 0.29) is 36.5 Å². The van der Waals surface area contributed by atoms with Crippen LogP contribution < -0.4 is 10.1 Å². The van der Waals surface area contributed by atoms with Crippen LogP contribution in [0.1, 0.15) is 12.8 Å². The number of methoxy groups -OCH3 is 1. The Morgan fingerprint density at radius 1 is 1.14 bits per heavy atom. The molecule has 0 saturated carbocycles. The zero-order chi connectivity index (χ0) is 26.4. The number of carbonyl (C=O) groups excluding carboxylic acids is 1. The third-order valence-corrected chi connectivity index (χ3v) is 6.69. The number of alkyl halides is 3. The molecule has 0 spiro atoms. The van der Waals surface area contributed by atoms with Gasteiger partial charge in [0.25, 0.3) is 5.91 Å². The fourth-order valence-electron chi connectivity index (χ4n) is 4.82. The van der Waals surface area contributed by atoms with Crippen LogP contribution in [0, 0.1) is 0 Å². The quantitative estimate of drug-likeness (QED) is 0.431. The van der Waals surface area contributed by atoms with Gasteiger partial charge in [-0.3, -0.25) is 14.4 Å². The van der Waals surface area contributed by atoms with Crippen molar-refractivity contribution < 1.29 is 22.7 Å². The zero-order valence-corrected chi connectivity index (χ0v) is 20.4. The number of halogens is 3. The molecule has 1 aliphatic rings. The van der Waals surface area contributed by atoms with Gasteiger partial charge in [-0.1, -0.05) is 30.3 Å². The Balaban J connectivity index is 1.64. The van der Waals surface area contributed by atoms with Gasteiger partial charge in [0.05, 0.1) is 12.6 Å². The Morgan fingerprint density at radius 3 is 2.54 bits per heavy atom. The van der Waals surface area contributed by atoms with Crippen LogP contribution in [0.5, 0.6) is 5.75 Å². The summed E-state index contributed by atoms with van der Waals surface area (Å²) in [5.74, 6) is -1.28. The summed E-state index contributed by atoms with van der Waals surface area (Å²) in [5, 5.41) is 6.96. The van der Waals surface area contributed by atoms with Crippen LogP contribution in [0.4, 0.5) is 19.0 Å². The van der Waals surface area contributed by atoms with Crippen LogP contribution in [0.2, 0.25) is 0 Å². The number of pyridine rings is 1. The van der Waals surface area contributed by atoms with Crippen LogP contribution >= 0.6 is 0 Å². The standard InChI is InChI=1S/C25H24F3N7O2/c1-34-11-7-10-24(34,25(26,27)28)23(36)32-22-18(37-3)12-17-21(31-22)20(30-14-29-17)16-13-35(2)33-19(16)15-8-5-4-6-9-15/h4-6,8-9,12-14H,7,10-11H2,1-3H3,(H,31,32,36). The predicted molar refractivity (Wildman–Crippen MR) is 131 cm³/mol. The van der Waals surface area contributed by atoms with Gasteiger partial charge >= 0.3 is 6.18 Å². The summed E-state index contributed by atoms with van der Waals surface area (Å²) >= 11 is 0. The number of ether oxygens (including phenoxy) is 1. The van der Waals surface area contributed by atoms with E-state index < -0.39 is 17.6 Å². The van der Waals surface area contributed by atoms with Crippen molar-refractivity contribution in [2.45, 2.75) is 24.6 Å². The van der Waals surface area contributed by atoms with Gasteiger partial charge in [0.15, 0.2) is 17.1 Å². The smallest absolute Gasteiger partial charge is 0.415 e. The van der Waals surface area contributed by atoms with Crippen molar-refractivity contribution in [3.8, 4) is 28.3 Å². The summed E-state index contributed by atoms with van der Waals surface area (Å²) in [4.78, 5) is 27.4. The summed E-state index contributed by atoms with van der Waals surface area (Å²) in [6.07, 6.45) is -1.74. The van der Waals surface area contributed by atoms with Gasteiger partial charge in [0, 0.05) is 30.4 Å². The SMILES string of the molecule is COc1cc2ncnc(-c3cn(C)nc3-c3ccccc3)c2nc1NC(=O)C1(C(F)(F)F)CCCN1C. The number of hydrogen-bond acceptors (Lipinski definition) is 7. The Labute approximate surface area is 210 Å². The molecule has 4 aromatic rings. The number of benzene rings is 1. The highest BCUT2D eigenvalue weighted by Crippen LogP contribution is 2.44. The van der Waals surface area contributed by atoms with Crippen molar-refractivity contribution >= 4 is 22.8 Å². The Hall–Kier alpha value is -4.06. The number of hydrogen-bond donors (Lipinski definition) is 1. The van der Waals surface area contributed by atoms with Crippen LogP contribution in [0.3, 0.4) is 0 Å². The van der Waals surface area contributed by atoms with Crippen molar-refractivity contribution in [3.63, 3.8) is 0 Å². The van der Waals surface area contributed by atoms with Gasteiger partial charge in [-0.15, -0.1) is 0 Å². The number of aryl methyl sites for hydroxylation is 1. The molecule has 1 atom stereocenters. The topological polar surface area (TPSA) is 98.1 Å². The predicted octanol–water partition coefficient (Wildman–Crippen LogP) is 4.07. The number of likely N-dealkylation sites (N-methyl/N-ethyl adjacent to an activating group) is 1. The van der Waals surface area contributed by atoms with E-state index in [1.807, 2.05) is 30.3 Å². The van der Waals surface area contributed by atoms with Crippen molar-refractivity contribution in [1.82, 2.24) is 29.6 Å². The lowest BCUT2D eigenvalue weighted by Crippen LogP contribution is -2.61. The highest BCUT2D eigenvalue weighted by atomic mass is 19.4. The largest absolute Gasteiger partial charge is 0.493 e. The monoisotopic (exact) mass is 511 g/mol. The van der Waals surface area contributed by atoms with E-state index in [4.69, 9.17) is 4.74 Å². The normalized spacial score (nSPS) is 18.3. The molecule has 1 aromatic carbocycles. The summed E-state index contributed by atoms with van der Waals surface area (Å²) in [7, 11) is 4.41. The van der Waals surface area contributed by atoms with E-state index in [9.17, 15) is 18.0 Å². The first kappa shape index (κ1) is 24.6. The molecule has 1 amide bonds. The number of nitrogens with zero attached hydrogens (tertiary/aromatic N) is 6. The Bertz CT molecular complexity index is 1470. The van der Waals surface area contributed by atoms with E-state index in [1.165, 1.54) is 26.6 Å². The number of anilines is 1. The lowest BCUT2D eigenvalue weighted by atomic mass is 9.94. The lowest BCUT2D eigenvalue weighted by Gasteiger charge is -2.36. The van der Waals surface area contributed by atoms with Gasteiger partial charge in [-0.2, -0.15) is 18.3 Å². The summed E-state index contributed by atoms with van der Waals surface area (Å²) in [6, 6.07) is 11.0. The zero-order valence-electron chi connectivity index (χ0n) is 20.4. The number of carbonyl (C=O) groups is 1. The van der Waals surface area contributed by atoms with E-state index >= 15 is 0 Å². The molecule has 1 fully saturated rings. The average Bonchev–Trinajstić information content (AvgIpc) is 3.46. The third kappa shape index (κ3) is 4.06. The number of nitrogens with one attached hydrogen (secondary N) is 1. The number of amides is 1. The molecule has 1 saturated heterocycles. The molecule has 3 aromatic heterocycles. The highest BCUT2D eigenvalue weighted by Gasteiger charge is 2.64. The second kappa shape index (κ2) is 9.11. The van der Waals surface area contributed by atoms with Crippen molar-refractivity contribution in [1.29, 1.82) is 0 Å². The summed E-state index contributed by atoms with van der Waals surface area (Å²) in [5.41, 5.74) is 0.583. The van der Waals surface area contributed by atoms with E-state index in [1.54, 1.807) is 17.9 Å². The summed E-state index contributed by atoms with van der Waals surface area (Å²) in [6.45, 7) is 0.149. The second-order valence-electron chi connectivity index (χ2n) is 8.90. The minimum absolute atomic E-state index is 0.0814. The molecule has 1 aliphatic heterocycles. The number of rotatable bonds is 5. The fourth-order valence-corrected chi connectivity index (χ4v) is 4.82. The van der Waals surface area contributed by atoms with Crippen LogP contribution in [0.15, 0.2) is 48.9 Å². The molecular weight excluding hydrogens is 487 g/mol. The molecule has 192 valence electrons. The molecular formula is C25H24F3N7O2. The van der Waals surface area contributed by atoms with Gasteiger partial charge in [0.2, 0.25) is 0 Å². The van der Waals surface area contributed by atoms with Gasteiger partial charge in [-0.25, -0.2) is 15.0 Å². The molecule has 1 N–H and O–H groups in total. The lowest BCUT2D eigenvalue weighted by molar-refractivity contribution is -0.215. The van der Waals surface area contributed by atoms with Crippen LogP contribution in [0.25, 0.3) is 33.5 Å². The van der Waals surface area contributed by atoms with Crippen molar-refractivity contribution in [3.05, 3.63) is 48.9 Å². The first-order valence-electron chi connectivity index (χ1n) is 11.5. The molecule has 4 heterocycles. The van der Waals surface area contributed by atoms with E-state index in [0.29, 0.717) is 22.5 Å². The molecule has 9 nitrogen and oxygen atoms in total. The number of fused-ring (bicyclic) bond motifs is 1. The van der Waals surface area contributed by atoms with Crippen LogP contribution in [-0.4, -0.2) is 68.0 Å². The fraction of sp³-hybridized carbons (Fsp3) is 0.320. The summed E-state index contributed by atoms with van der Waals surface area (Å²) < 4.78 is 49.5. The maximum absolute atomic E-state index is 14.2. The number of aromatic nitrogens is 5. The average molecular weight is 512 g/mol. The van der Waals surface area contributed by atoms with Crippen molar-refractivity contribution in [2.24, 2.45) is 7.05 Å². The maximum Gasteiger partial charge on any atom is 0.415 e. The van der Waals surface area contributed by atoms with Gasteiger partial charge < -0.3 is 10.1 Å². The number of likely N-dealkylation sites (tertiary alicyclic amines) is 1. The molecule has 0 radical (unpaired) electrons. The molecule has 12 heteroatoms. The van der Waals surface area contributed by atoms with E-state index in [2.05, 4.69) is 25.4 Å². The maximum atomic E-state index is 14.2. The van der Waals surface area contributed by atoms with Crippen molar-refractivity contribution in [2.75, 3.05) is 26.0 Å². The Morgan fingerprint density at radius 2 is 1.89 bits per heavy atom. The minimum atomic E-state index is -4.78. The molecule has 37 heavy (non-hydrogen) atoms.